The van der Waals surface area contributed by atoms with E-state index < -0.39 is 21.8 Å². The zero-order valence-electron chi connectivity index (χ0n) is 15.5. The highest BCUT2D eigenvalue weighted by atomic mass is 35.5. The number of hydrogen-bond acceptors (Lipinski definition) is 4. The number of nitrogens with zero attached hydrogens (tertiary/aromatic N) is 1. The molecule has 0 bridgehead atoms. The number of halogens is 1. The molecule has 1 amide bonds. The Morgan fingerprint density at radius 1 is 1.04 bits per heavy atom. The minimum Gasteiger partial charge on any atom is -0.326 e. The number of benzene rings is 2. The number of nitrogens with one attached hydrogen (secondary N) is 1. The van der Waals surface area contributed by atoms with Crippen LogP contribution < -0.4 is 9.62 Å². The molecular weight excluding hydrogens is 388 g/mol. The van der Waals surface area contributed by atoms with Gasteiger partial charge in [-0.25, -0.2) is 8.42 Å². The average molecular weight is 409 g/mol. The third-order valence-corrected chi connectivity index (χ3v) is 5.79. The standard InChI is InChI=1S/C19H21ClN2O4S/c1-12-9-13(2)19(14(3)10-12)22(11-18(20)24)27(25,26)17-7-5-16(6-8-17)21-15(4)23/h5-10H,11H2,1-4H3,(H,21,23). The lowest BCUT2D eigenvalue weighted by Gasteiger charge is -2.26. The molecule has 0 unspecified atom stereocenters. The van der Waals surface area contributed by atoms with Crippen molar-refractivity contribution in [2.75, 3.05) is 16.2 Å². The maximum atomic E-state index is 13.2. The number of sulfonamides is 1. The number of hydrogen-bond donors (Lipinski definition) is 1. The first-order valence-corrected chi connectivity index (χ1v) is 10.0. The van der Waals surface area contributed by atoms with Gasteiger partial charge < -0.3 is 5.32 Å². The number of anilines is 2. The predicted octanol–water partition coefficient (Wildman–Crippen LogP) is 3.53. The molecule has 0 radical (unpaired) electrons. The van der Waals surface area contributed by atoms with Crippen LogP contribution in [0.25, 0.3) is 0 Å². The Bertz CT molecular complexity index is 962. The second-order valence-electron chi connectivity index (χ2n) is 6.32. The fourth-order valence-corrected chi connectivity index (χ4v) is 4.74. The summed E-state index contributed by atoms with van der Waals surface area (Å²) in [6, 6.07) is 9.44. The van der Waals surface area contributed by atoms with Crippen molar-refractivity contribution in [3.63, 3.8) is 0 Å². The third-order valence-electron chi connectivity index (χ3n) is 3.92. The van der Waals surface area contributed by atoms with E-state index in [9.17, 15) is 18.0 Å². The normalized spacial score (nSPS) is 11.1. The molecule has 0 saturated heterocycles. The van der Waals surface area contributed by atoms with E-state index in [1.54, 1.807) is 13.8 Å². The van der Waals surface area contributed by atoms with E-state index in [-0.39, 0.29) is 10.8 Å². The SMILES string of the molecule is CC(=O)Nc1ccc(S(=O)(=O)N(CC(=O)Cl)c2c(C)cc(C)cc2C)cc1. The van der Waals surface area contributed by atoms with Gasteiger partial charge in [0.1, 0.15) is 6.54 Å². The molecule has 2 aromatic rings. The minimum atomic E-state index is -4.04. The molecule has 27 heavy (non-hydrogen) atoms. The Morgan fingerprint density at radius 3 is 2.00 bits per heavy atom. The van der Waals surface area contributed by atoms with Crippen LogP contribution in [0.15, 0.2) is 41.3 Å². The summed E-state index contributed by atoms with van der Waals surface area (Å²) < 4.78 is 27.5. The molecule has 0 atom stereocenters. The van der Waals surface area contributed by atoms with Gasteiger partial charge in [-0.05, 0) is 67.8 Å². The Kier molecular flexibility index (Phi) is 6.28. The maximum Gasteiger partial charge on any atom is 0.264 e. The van der Waals surface area contributed by atoms with Crippen molar-refractivity contribution < 1.29 is 18.0 Å². The molecule has 144 valence electrons. The van der Waals surface area contributed by atoms with Crippen molar-refractivity contribution in [1.82, 2.24) is 0 Å². The van der Waals surface area contributed by atoms with Crippen LogP contribution in [0.5, 0.6) is 0 Å². The topological polar surface area (TPSA) is 83.6 Å². The molecule has 0 aliphatic rings. The number of rotatable bonds is 6. The largest absolute Gasteiger partial charge is 0.326 e. The van der Waals surface area contributed by atoms with Gasteiger partial charge in [0.25, 0.3) is 10.0 Å². The van der Waals surface area contributed by atoms with Gasteiger partial charge in [-0.3, -0.25) is 13.9 Å². The van der Waals surface area contributed by atoms with E-state index in [1.165, 1.54) is 31.2 Å². The molecule has 0 heterocycles. The van der Waals surface area contributed by atoms with Gasteiger partial charge in [0.2, 0.25) is 11.1 Å². The lowest BCUT2D eigenvalue weighted by atomic mass is 10.1. The zero-order valence-corrected chi connectivity index (χ0v) is 17.1. The van der Waals surface area contributed by atoms with Crippen LogP contribution in [-0.4, -0.2) is 26.1 Å². The smallest absolute Gasteiger partial charge is 0.264 e. The first kappa shape index (κ1) is 20.9. The number of amides is 1. The van der Waals surface area contributed by atoms with Gasteiger partial charge in [-0.2, -0.15) is 0 Å². The third kappa shape index (κ3) is 4.87. The summed E-state index contributed by atoms with van der Waals surface area (Å²) in [5, 5.41) is 1.79. The van der Waals surface area contributed by atoms with Crippen molar-refractivity contribution >= 4 is 44.1 Å². The van der Waals surface area contributed by atoms with Crippen LogP contribution in [-0.2, 0) is 19.6 Å². The van der Waals surface area contributed by atoms with Gasteiger partial charge in [0.15, 0.2) is 0 Å². The lowest BCUT2D eigenvalue weighted by Crippen LogP contribution is -2.35. The van der Waals surface area contributed by atoms with Gasteiger partial charge in [0.05, 0.1) is 10.6 Å². The fourth-order valence-electron chi connectivity index (χ4n) is 3.00. The van der Waals surface area contributed by atoms with E-state index in [0.29, 0.717) is 11.4 Å². The van der Waals surface area contributed by atoms with Crippen LogP contribution >= 0.6 is 11.6 Å². The summed E-state index contributed by atoms with van der Waals surface area (Å²) in [7, 11) is -4.04. The summed E-state index contributed by atoms with van der Waals surface area (Å²) in [5.74, 6) is -0.258. The molecule has 2 aromatic carbocycles. The van der Waals surface area contributed by atoms with Crippen LogP contribution in [0.4, 0.5) is 11.4 Å². The molecule has 0 saturated carbocycles. The Morgan fingerprint density at radius 2 is 1.56 bits per heavy atom. The van der Waals surface area contributed by atoms with Crippen LogP contribution in [0, 0.1) is 20.8 Å². The van der Waals surface area contributed by atoms with Gasteiger partial charge in [-0.15, -0.1) is 0 Å². The molecule has 2 rings (SSSR count). The first-order chi connectivity index (χ1) is 12.5. The monoisotopic (exact) mass is 408 g/mol. The van der Waals surface area contributed by atoms with Gasteiger partial charge >= 0.3 is 0 Å². The highest BCUT2D eigenvalue weighted by Gasteiger charge is 2.29. The molecule has 6 nitrogen and oxygen atoms in total. The summed E-state index contributed by atoms with van der Waals surface area (Å²) >= 11 is 5.54. The molecule has 1 N–H and O–H groups in total. The zero-order chi connectivity index (χ0) is 20.4. The average Bonchev–Trinajstić information content (AvgIpc) is 2.52. The summed E-state index contributed by atoms with van der Waals surface area (Å²) in [6.45, 7) is 6.37. The summed E-state index contributed by atoms with van der Waals surface area (Å²) in [6.07, 6.45) is 0. The van der Waals surface area contributed by atoms with Crippen LogP contribution in [0.2, 0.25) is 0 Å². The van der Waals surface area contributed by atoms with Gasteiger partial charge in [-0.1, -0.05) is 17.7 Å². The van der Waals surface area contributed by atoms with Crippen molar-refractivity contribution in [3.05, 3.63) is 53.1 Å². The highest BCUT2D eigenvalue weighted by molar-refractivity contribution is 7.92. The van der Waals surface area contributed by atoms with Crippen LogP contribution in [0.1, 0.15) is 23.6 Å². The molecule has 0 aromatic heterocycles. The van der Waals surface area contributed by atoms with Crippen molar-refractivity contribution in [2.45, 2.75) is 32.6 Å². The Balaban J connectivity index is 2.56. The van der Waals surface area contributed by atoms with Crippen molar-refractivity contribution in [2.24, 2.45) is 0 Å². The second kappa shape index (κ2) is 8.10. The Hall–Kier alpha value is -2.38. The number of carbonyl (C=O) groups excluding carboxylic acids is 2. The molecule has 0 fully saturated rings. The molecular formula is C19H21ClN2O4S. The number of carbonyl (C=O) groups is 2. The van der Waals surface area contributed by atoms with E-state index in [4.69, 9.17) is 11.6 Å². The maximum absolute atomic E-state index is 13.2. The van der Waals surface area contributed by atoms with E-state index in [1.807, 2.05) is 19.1 Å². The molecule has 8 heteroatoms. The van der Waals surface area contributed by atoms with E-state index in [2.05, 4.69) is 5.32 Å². The molecule has 0 aliphatic heterocycles. The van der Waals surface area contributed by atoms with Crippen LogP contribution in [0.3, 0.4) is 0 Å². The summed E-state index contributed by atoms with van der Waals surface area (Å²) in [4.78, 5) is 22.7. The molecule has 0 aliphatic carbocycles. The fraction of sp³-hybridized carbons (Fsp3) is 0.263. The van der Waals surface area contributed by atoms with E-state index >= 15 is 0 Å². The summed E-state index contributed by atoms with van der Waals surface area (Å²) in [5.41, 5.74) is 3.35. The van der Waals surface area contributed by atoms with E-state index in [0.717, 1.165) is 21.0 Å². The quantitative estimate of drug-likeness (QED) is 0.741. The van der Waals surface area contributed by atoms with Crippen molar-refractivity contribution in [1.29, 1.82) is 0 Å². The first-order valence-electron chi connectivity index (χ1n) is 8.19. The highest BCUT2D eigenvalue weighted by Crippen LogP contribution is 2.31. The molecule has 0 spiro atoms. The Labute approximate surface area is 164 Å². The van der Waals surface area contributed by atoms with Gasteiger partial charge in [0, 0.05) is 12.6 Å². The second-order valence-corrected chi connectivity index (χ2v) is 8.60. The lowest BCUT2D eigenvalue weighted by molar-refractivity contribution is -0.114. The minimum absolute atomic E-state index is 0.00565. The number of aryl methyl sites for hydroxylation is 3. The predicted molar refractivity (Wildman–Crippen MR) is 107 cm³/mol. The van der Waals surface area contributed by atoms with Crippen molar-refractivity contribution in [3.8, 4) is 0 Å².